The van der Waals surface area contributed by atoms with Crippen molar-refractivity contribution >= 4 is 131 Å². The Bertz CT molecular complexity index is 6820. The lowest BCUT2D eigenvalue weighted by atomic mass is 9.93. The van der Waals surface area contributed by atoms with Gasteiger partial charge in [-0.2, -0.15) is 0 Å². The summed E-state index contributed by atoms with van der Waals surface area (Å²) in [5, 5.41) is 14.0. The molecular formula is C96H58N4O2. The van der Waals surface area contributed by atoms with Crippen molar-refractivity contribution in [1.29, 1.82) is 0 Å². The van der Waals surface area contributed by atoms with Crippen molar-refractivity contribution in [2.75, 3.05) is 0 Å². The number of fused-ring (bicyclic) bond motifs is 18. The zero-order valence-corrected chi connectivity index (χ0v) is 55.1. The van der Waals surface area contributed by atoms with Crippen molar-refractivity contribution in [3.63, 3.8) is 0 Å². The molecule has 6 aromatic heterocycles. The molecule has 0 aliphatic heterocycles. The number of hydrogen-bond acceptors (Lipinski definition) is 2. The van der Waals surface area contributed by atoms with Crippen molar-refractivity contribution in [3.05, 3.63) is 352 Å². The fourth-order valence-electron chi connectivity index (χ4n) is 16.8. The predicted octanol–water partition coefficient (Wildman–Crippen LogP) is 26.2. The van der Waals surface area contributed by atoms with Gasteiger partial charge in [-0.3, -0.25) is 0 Å². The molecule has 22 rings (SSSR count). The second kappa shape index (κ2) is 21.9. The molecule has 0 atom stereocenters. The van der Waals surface area contributed by atoms with E-state index in [0.29, 0.717) is 0 Å². The minimum Gasteiger partial charge on any atom is -0.456 e. The third-order valence-corrected chi connectivity index (χ3v) is 21.5. The van der Waals surface area contributed by atoms with Gasteiger partial charge >= 0.3 is 0 Å². The van der Waals surface area contributed by atoms with Crippen LogP contribution in [-0.4, -0.2) is 18.3 Å². The van der Waals surface area contributed by atoms with Crippen molar-refractivity contribution < 1.29 is 8.83 Å². The molecule has 0 aliphatic rings. The summed E-state index contributed by atoms with van der Waals surface area (Å²) in [6.45, 7) is 0. The van der Waals surface area contributed by atoms with Crippen molar-refractivity contribution in [2.45, 2.75) is 0 Å². The van der Waals surface area contributed by atoms with E-state index in [0.717, 1.165) is 155 Å². The smallest absolute Gasteiger partial charge is 0.135 e. The van der Waals surface area contributed by atoms with Crippen LogP contribution in [0.4, 0.5) is 0 Å². The molecule has 0 N–H and O–H groups in total. The first-order chi connectivity index (χ1) is 50.5. The van der Waals surface area contributed by atoms with Crippen molar-refractivity contribution in [1.82, 2.24) is 18.3 Å². The van der Waals surface area contributed by atoms with Gasteiger partial charge in [0.2, 0.25) is 0 Å². The highest BCUT2D eigenvalue weighted by molar-refractivity contribution is 6.16. The lowest BCUT2D eigenvalue weighted by Gasteiger charge is -2.17. The summed E-state index contributed by atoms with van der Waals surface area (Å²) in [7, 11) is 0. The zero-order chi connectivity index (χ0) is 66.7. The molecule has 0 amide bonds. The Kier molecular flexibility index (Phi) is 12.1. The quantitative estimate of drug-likeness (QED) is 0.145. The number of furan rings is 2. The van der Waals surface area contributed by atoms with Gasteiger partial charge in [-0.15, -0.1) is 0 Å². The molecule has 102 heavy (non-hydrogen) atoms. The van der Waals surface area contributed by atoms with Gasteiger partial charge in [0.05, 0.1) is 44.1 Å². The second-order valence-electron chi connectivity index (χ2n) is 27.2. The SMILES string of the molecule is c1ccc(-n2c3ccccc3c3cc(-c4cc(-c5cc(-c6ccc7c(c6)c6ccccc6n7-c6ccccc6)cc(-n6c7ccccc7c7cc(-c8ccc9oc%10ccccc%10c9c8)ccc76)c5)cc(-n5c6ccccc6c6cc(-c7ccc8oc9ccccc9c8c7)ccc65)c4)ccc32)cc1. The summed E-state index contributed by atoms with van der Waals surface area (Å²) < 4.78 is 22.4. The highest BCUT2D eigenvalue weighted by Crippen LogP contribution is 2.46. The molecule has 0 saturated carbocycles. The first-order valence-electron chi connectivity index (χ1n) is 34.9. The maximum Gasteiger partial charge on any atom is 0.135 e. The average molecular weight is 1300 g/mol. The van der Waals surface area contributed by atoms with Crippen molar-refractivity contribution in [2.24, 2.45) is 0 Å². The summed E-state index contributed by atoms with van der Waals surface area (Å²) >= 11 is 0. The molecule has 22 aromatic rings. The molecule has 0 aliphatic carbocycles. The zero-order valence-electron chi connectivity index (χ0n) is 55.1. The molecule has 6 heteroatoms. The van der Waals surface area contributed by atoms with Gasteiger partial charge < -0.3 is 27.1 Å². The molecule has 0 spiro atoms. The third kappa shape index (κ3) is 8.60. The van der Waals surface area contributed by atoms with E-state index in [1.54, 1.807) is 0 Å². The van der Waals surface area contributed by atoms with Gasteiger partial charge in [0.25, 0.3) is 0 Å². The summed E-state index contributed by atoms with van der Waals surface area (Å²) in [5.41, 5.74) is 28.4. The Morgan fingerprint density at radius 3 is 0.716 bits per heavy atom. The van der Waals surface area contributed by atoms with Crippen LogP contribution in [0.3, 0.4) is 0 Å². The predicted molar refractivity (Wildman–Crippen MR) is 426 cm³/mol. The van der Waals surface area contributed by atoms with Crippen LogP contribution in [0.2, 0.25) is 0 Å². The fourth-order valence-corrected chi connectivity index (χ4v) is 16.8. The lowest BCUT2D eigenvalue weighted by Crippen LogP contribution is -1.98. The summed E-state index contributed by atoms with van der Waals surface area (Å²) in [6, 6.07) is 130. The van der Waals surface area contributed by atoms with Gasteiger partial charge in [-0.1, -0.05) is 182 Å². The maximum absolute atomic E-state index is 6.32. The first-order valence-corrected chi connectivity index (χ1v) is 34.9. The van der Waals surface area contributed by atoms with E-state index < -0.39 is 0 Å². The van der Waals surface area contributed by atoms with E-state index in [9.17, 15) is 0 Å². The molecule has 6 heterocycles. The van der Waals surface area contributed by atoms with E-state index in [1.807, 2.05) is 12.1 Å². The molecule has 0 bridgehead atoms. The Morgan fingerprint density at radius 2 is 0.373 bits per heavy atom. The highest BCUT2D eigenvalue weighted by Gasteiger charge is 2.23. The Hall–Kier alpha value is -13.7. The summed E-state index contributed by atoms with van der Waals surface area (Å²) in [4.78, 5) is 0. The monoisotopic (exact) mass is 1300 g/mol. The number of rotatable bonds is 9. The molecule has 0 saturated heterocycles. The summed E-state index contributed by atoms with van der Waals surface area (Å²) in [6.07, 6.45) is 0. The van der Waals surface area contributed by atoms with E-state index in [2.05, 4.69) is 358 Å². The minimum absolute atomic E-state index is 0.888. The highest BCUT2D eigenvalue weighted by atomic mass is 16.3. The van der Waals surface area contributed by atoms with E-state index in [-0.39, 0.29) is 0 Å². The number of nitrogens with zero attached hydrogens (tertiary/aromatic N) is 4. The topological polar surface area (TPSA) is 46.0 Å². The standard InChI is InChI=1S/C96H58N4O2/c1-3-19-69(20-4-1)97-85-29-13-7-23-73(85)81-55-63(37-43-89(81)97)65-47-67(51-71(49-65)99-87-31-15-9-25-75(87)79-53-59(35-41-91(79)99)61-39-45-95-83(57-61)77-27-11-17-33-93(77)101-95)68-48-66(64-38-44-90-82(56-64)74-24-8-14-30-86(74)98(90)70-21-5-2-6-22-70)50-72(52-68)100-88-32-16-10-26-76(88)80-54-60(36-42-92(80)100)62-40-46-96-84(58-62)78-28-12-18-34-94(78)102-96/h1-58H. The molecule has 0 unspecified atom stereocenters. The third-order valence-electron chi connectivity index (χ3n) is 21.5. The first kappa shape index (κ1) is 56.3. The Morgan fingerprint density at radius 1 is 0.137 bits per heavy atom. The minimum atomic E-state index is 0.888. The van der Waals surface area contributed by atoms with Gasteiger partial charge in [-0.05, 0) is 225 Å². The maximum atomic E-state index is 6.32. The average Bonchev–Trinajstić information content (AvgIpc) is 1.57. The Labute approximate surface area is 584 Å². The Balaban J connectivity index is 0.789. The number of aromatic nitrogens is 4. The number of benzene rings is 16. The van der Waals surface area contributed by atoms with Gasteiger partial charge in [0, 0.05) is 87.4 Å². The van der Waals surface area contributed by atoms with Gasteiger partial charge in [-0.25, -0.2) is 0 Å². The largest absolute Gasteiger partial charge is 0.456 e. The van der Waals surface area contributed by atoms with Crippen molar-refractivity contribution in [3.8, 4) is 78.4 Å². The van der Waals surface area contributed by atoms with Gasteiger partial charge in [0.15, 0.2) is 0 Å². The number of hydrogen-bond donors (Lipinski definition) is 0. The van der Waals surface area contributed by atoms with Crippen LogP contribution in [0.25, 0.3) is 209 Å². The van der Waals surface area contributed by atoms with E-state index in [4.69, 9.17) is 8.83 Å². The molecular weight excluding hydrogens is 1240 g/mol. The second-order valence-corrected chi connectivity index (χ2v) is 27.2. The fraction of sp³-hybridized carbons (Fsp3) is 0. The molecule has 474 valence electrons. The summed E-state index contributed by atoms with van der Waals surface area (Å²) in [5.74, 6) is 0. The van der Waals surface area contributed by atoms with E-state index >= 15 is 0 Å². The van der Waals surface area contributed by atoms with Crippen LogP contribution in [0.1, 0.15) is 0 Å². The van der Waals surface area contributed by atoms with Gasteiger partial charge in [0.1, 0.15) is 22.3 Å². The van der Waals surface area contributed by atoms with Crippen LogP contribution in [0, 0.1) is 0 Å². The number of para-hydroxylation sites is 8. The van der Waals surface area contributed by atoms with Crippen LogP contribution in [-0.2, 0) is 0 Å². The molecule has 0 radical (unpaired) electrons. The van der Waals surface area contributed by atoms with Crippen LogP contribution < -0.4 is 0 Å². The molecule has 16 aromatic carbocycles. The van der Waals surface area contributed by atoms with Crippen LogP contribution in [0.15, 0.2) is 361 Å². The van der Waals surface area contributed by atoms with Crippen LogP contribution in [0.5, 0.6) is 0 Å². The van der Waals surface area contributed by atoms with E-state index in [1.165, 1.54) is 54.1 Å². The normalized spacial score (nSPS) is 12.1. The van der Waals surface area contributed by atoms with Crippen LogP contribution >= 0.6 is 0 Å². The molecule has 6 nitrogen and oxygen atoms in total. The molecule has 0 fully saturated rings. The lowest BCUT2D eigenvalue weighted by molar-refractivity contribution is 0.668.